The van der Waals surface area contributed by atoms with E-state index in [1.54, 1.807) is 46.9 Å². The molecule has 6 aromatic rings. The highest BCUT2D eigenvalue weighted by atomic mass is 16.2. The molecule has 0 bridgehead atoms. The van der Waals surface area contributed by atoms with E-state index in [-0.39, 0.29) is 11.5 Å². The van der Waals surface area contributed by atoms with Crippen molar-refractivity contribution in [2.75, 3.05) is 0 Å². The van der Waals surface area contributed by atoms with Crippen molar-refractivity contribution in [3.63, 3.8) is 0 Å². The predicted molar refractivity (Wildman–Crippen MR) is 153 cm³/mol. The summed E-state index contributed by atoms with van der Waals surface area (Å²) in [6.45, 7) is 3.64. The average molecular weight is 525 g/mol. The van der Waals surface area contributed by atoms with Crippen LogP contribution in [0.15, 0.2) is 102 Å². The number of para-hydroxylation sites is 1. The van der Waals surface area contributed by atoms with Crippen molar-refractivity contribution in [2.45, 2.75) is 19.9 Å². The highest BCUT2D eigenvalue weighted by Crippen LogP contribution is 2.24. The van der Waals surface area contributed by atoms with Crippen LogP contribution in [0.25, 0.3) is 22.1 Å². The molecule has 0 fully saturated rings. The number of aryl methyl sites for hydroxylation is 1. The Morgan fingerprint density at radius 2 is 1.75 bits per heavy atom. The summed E-state index contributed by atoms with van der Waals surface area (Å²) in [5.41, 5.74) is 3.99. The summed E-state index contributed by atoms with van der Waals surface area (Å²) < 4.78 is 3.23. The van der Waals surface area contributed by atoms with Crippen molar-refractivity contribution in [3.8, 4) is 17.5 Å². The zero-order valence-electron chi connectivity index (χ0n) is 21.9. The van der Waals surface area contributed by atoms with Gasteiger partial charge in [-0.05, 0) is 61.7 Å². The Kier molecular flexibility index (Phi) is 6.38. The van der Waals surface area contributed by atoms with Gasteiger partial charge in [-0.25, -0.2) is 9.50 Å². The SMILES string of the molecule is Cc1nn2cccnc2c1C(=O)N[C@H](C)c1cc2cccc(C#Cc3ccncc3)c2c(=O)n1-c1ccccc1. The normalized spacial score (nSPS) is 11.7. The fourth-order valence-corrected chi connectivity index (χ4v) is 4.83. The molecule has 6 rings (SSSR count). The van der Waals surface area contributed by atoms with E-state index in [1.165, 1.54) is 0 Å². The third kappa shape index (κ3) is 4.50. The van der Waals surface area contributed by atoms with Gasteiger partial charge in [-0.2, -0.15) is 5.10 Å². The monoisotopic (exact) mass is 524 g/mol. The highest BCUT2D eigenvalue weighted by Gasteiger charge is 2.23. The Hall–Kier alpha value is -5.55. The molecule has 194 valence electrons. The first-order chi connectivity index (χ1) is 19.5. The van der Waals surface area contributed by atoms with E-state index in [1.807, 2.05) is 73.7 Å². The molecule has 0 saturated carbocycles. The van der Waals surface area contributed by atoms with Crippen LogP contribution in [-0.2, 0) is 0 Å². The van der Waals surface area contributed by atoms with Crippen LogP contribution in [-0.4, -0.2) is 30.1 Å². The molecule has 4 heterocycles. The summed E-state index contributed by atoms with van der Waals surface area (Å²) in [7, 11) is 0. The largest absolute Gasteiger partial charge is 0.344 e. The quantitative estimate of drug-likeness (QED) is 0.340. The maximum atomic E-state index is 14.2. The Morgan fingerprint density at radius 3 is 2.55 bits per heavy atom. The second-order valence-electron chi connectivity index (χ2n) is 9.34. The minimum Gasteiger partial charge on any atom is -0.344 e. The molecule has 0 aliphatic rings. The van der Waals surface area contributed by atoms with Gasteiger partial charge in [0, 0.05) is 47.3 Å². The van der Waals surface area contributed by atoms with Crippen molar-refractivity contribution in [1.29, 1.82) is 0 Å². The van der Waals surface area contributed by atoms with Crippen LogP contribution in [0.3, 0.4) is 0 Å². The Balaban J connectivity index is 1.48. The second kappa shape index (κ2) is 10.3. The first-order valence-corrected chi connectivity index (χ1v) is 12.8. The van der Waals surface area contributed by atoms with E-state index in [2.05, 4.69) is 32.2 Å². The van der Waals surface area contributed by atoms with Crippen LogP contribution >= 0.6 is 0 Å². The van der Waals surface area contributed by atoms with Crippen molar-refractivity contribution in [2.24, 2.45) is 0 Å². The lowest BCUT2D eigenvalue weighted by atomic mass is 10.0. The molecule has 1 N–H and O–H groups in total. The molecule has 2 aromatic carbocycles. The fourth-order valence-electron chi connectivity index (χ4n) is 4.83. The van der Waals surface area contributed by atoms with E-state index in [0.717, 1.165) is 10.9 Å². The molecule has 0 aliphatic carbocycles. The molecule has 0 unspecified atom stereocenters. The van der Waals surface area contributed by atoms with Gasteiger partial charge in [0.25, 0.3) is 11.5 Å². The zero-order chi connectivity index (χ0) is 27.6. The van der Waals surface area contributed by atoms with Crippen molar-refractivity contribution < 1.29 is 4.79 Å². The summed E-state index contributed by atoms with van der Waals surface area (Å²) >= 11 is 0. The lowest BCUT2D eigenvalue weighted by Crippen LogP contribution is -2.32. The average Bonchev–Trinajstić information content (AvgIpc) is 3.32. The van der Waals surface area contributed by atoms with E-state index in [9.17, 15) is 9.59 Å². The zero-order valence-corrected chi connectivity index (χ0v) is 21.9. The number of nitrogens with one attached hydrogen (secondary N) is 1. The number of hydrogen-bond donors (Lipinski definition) is 1. The van der Waals surface area contributed by atoms with Crippen LogP contribution in [0.5, 0.6) is 0 Å². The Morgan fingerprint density at radius 1 is 0.950 bits per heavy atom. The van der Waals surface area contributed by atoms with Crippen LogP contribution in [0.4, 0.5) is 0 Å². The minimum atomic E-state index is -0.519. The summed E-state index contributed by atoms with van der Waals surface area (Å²) in [4.78, 5) is 36.0. The first kappa shape index (κ1) is 24.8. The van der Waals surface area contributed by atoms with E-state index < -0.39 is 6.04 Å². The van der Waals surface area contributed by atoms with E-state index in [0.29, 0.717) is 39.2 Å². The topological polar surface area (TPSA) is 94.2 Å². The molecule has 1 atom stereocenters. The number of hydrogen-bond acceptors (Lipinski definition) is 5. The van der Waals surface area contributed by atoms with Crippen molar-refractivity contribution in [1.82, 2.24) is 29.5 Å². The maximum Gasteiger partial charge on any atom is 0.264 e. The number of aromatic nitrogens is 5. The first-order valence-electron chi connectivity index (χ1n) is 12.8. The summed E-state index contributed by atoms with van der Waals surface area (Å²) in [6, 6.07) is 21.8. The van der Waals surface area contributed by atoms with Gasteiger partial charge in [0.1, 0.15) is 5.56 Å². The summed E-state index contributed by atoms with van der Waals surface area (Å²) in [5.74, 6) is 5.98. The third-order valence-corrected chi connectivity index (χ3v) is 6.70. The summed E-state index contributed by atoms with van der Waals surface area (Å²) in [6.07, 6.45) is 6.74. The van der Waals surface area contributed by atoms with E-state index >= 15 is 0 Å². The molecule has 4 aromatic heterocycles. The number of fused-ring (bicyclic) bond motifs is 2. The molecule has 0 aliphatic heterocycles. The lowest BCUT2D eigenvalue weighted by Gasteiger charge is -2.21. The van der Waals surface area contributed by atoms with Crippen LogP contribution < -0.4 is 10.9 Å². The van der Waals surface area contributed by atoms with Crippen LogP contribution in [0.1, 0.15) is 45.8 Å². The van der Waals surface area contributed by atoms with E-state index in [4.69, 9.17) is 0 Å². The molecule has 0 saturated heterocycles. The van der Waals surface area contributed by atoms with Crippen molar-refractivity contribution in [3.05, 3.63) is 136 Å². The molecule has 0 radical (unpaired) electrons. The molecular weight excluding hydrogens is 500 g/mol. The number of carbonyl (C=O) groups excluding carboxylic acids is 1. The van der Waals surface area contributed by atoms with Gasteiger partial charge in [-0.15, -0.1) is 0 Å². The molecule has 8 heteroatoms. The fraction of sp³-hybridized carbons (Fsp3) is 0.0938. The standard InChI is InChI=1S/C32H24N6O2/c1-21(35-31(39)28-22(2)36-37-19-7-16-34-30(28)37)27-20-25-9-6-8-24(13-12-23-14-17-33-18-15-23)29(25)32(40)38(27)26-10-4-3-5-11-26/h3-11,14-21H,1-2H3,(H,35,39)/t21-/m1/s1. The van der Waals surface area contributed by atoms with Crippen molar-refractivity contribution >= 4 is 22.3 Å². The Labute approximate surface area is 230 Å². The maximum absolute atomic E-state index is 14.2. The lowest BCUT2D eigenvalue weighted by molar-refractivity contribution is 0.0939. The van der Waals surface area contributed by atoms with Gasteiger partial charge in [0.2, 0.25) is 0 Å². The Bertz CT molecular complexity index is 2000. The summed E-state index contributed by atoms with van der Waals surface area (Å²) in [5, 5.41) is 8.73. The number of rotatable bonds is 4. The van der Waals surface area contributed by atoms with Gasteiger partial charge in [-0.3, -0.25) is 19.1 Å². The number of carbonyl (C=O) groups is 1. The molecule has 8 nitrogen and oxygen atoms in total. The third-order valence-electron chi connectivity index (χ3n) is 6.70. The van der Waals surface area contributed by atoms with Gasteiger partial charge in [-0.1, -0.05) is 42.2 Å². The van der Waals surface area contributed by atoms with Gasteiger partial charge >= 0.3 is 0 Å². The number of amides is 1. The highest BCUT2D eigenvalue weighted by molar-refractivity contribution is 6.01. The molecular formula is C32H24N6O2. The van der Waals surface area contributed by atoms with Crippen LogP contribution in [0, 0.1) is 18.8 Å². The van der Waals surface area contributed by atoms with Crippen LogP contribution in [0.2, 0.25) is 0 Å². The number of benzene rings is 2. The number of pyridine rings is 2. The van der Waals surface area contributed by atoms with Gasteiger partial charge in [0.05, 0.1) is 17.1 Å². The predicted octanol–water partition coefficient (Wildman–Crippen LogP) is 4.63. The van der Waals surface area contributed by atoms with Gasteiger partial charge in [0.15, 0.2) is 5.65 Å². The van der Waals surface area contributed by atoms with Gasteiger partial charge < -0.3 is 5.32 Å². The minimum absolute atomic E-state index is 0.215. The molecule has 1 amide bonds. The smallest absolute Gasteiger partial charge is 0.264 e. The molecule has 0 spiro atoms. The second-order valence-corrected chi connectivity index (χ2v) is 9.34. The number of nitrogens with zero attached hydrogens (tertiary/aromatic N) is 5. The molecule has 40 heavy (non-hydrogen) atoms.